The summed E-state index contributed by atoms with van der Waals surface area (Å²) >= 11 is 0. The number of hydrogen-bond donors (Lipinski definition) is 1. The van der Waals surface area contributed by atoms with Gasteiger partial charge in [-0.2, -0.15) is 0 Å². The highest BCUT2D eigenvalue weighted by atomic mass is 32.2. The topological polar surface area (TPSA) is 93.2 Å². The molecule has 0 aliphatic carbocycles. The number of nitrogens with one attached hydrogen (secondary N) is 1. The van der Waals surface area contributed by atoms with E-state index in [0.717, 1.165) is 12.3 Å². The van der Waals surface area contributed by atoms with Crippen molar-refractivity contribution >= 4 is 25.7 Å². The van der Waals surface area contributed by atoms with Crippen molar-refractivity contribution in [2.24, 2.45) is 0 Å². The van der Waals surface area contributed by atoms with Crippen LogP contribution in [0.1, 0.15) is 0 Å². The molecule has 1 N–H and O–H groups in total. The van der Waals surface area contributed by atoms with Crippen molar-refractivity contribution in [3.05, 3.63) is 48.7 Å². The van der Waals surface area contributed by atoms with Crippen LogP contribution in [-0.4, -0.2) is 28.1 Å². The summed E-state index contributed by atoms with van der Waals surface area (Å²) in [7, 11) is -7.34. The second-order valence-electron chi connectivity index (χ2n) is 4.07. The molecule has 0 spiro atoms. The van der Waals surface area contributed by atoms with E-state index in [9.17, 15) is 16.8 Å². The maximum absolute atomic E-state index is 12.1. The molecule has 0 aliphatic rings. The number of nitrogens with zero attached hydrogens (tertiary/aromatic N) is 1. The number of anilines is 1. The van der Waals surface area contributed by atoms with Gasteiger partial charge < -0.3 is 0 Å². The van der Waals surface area contributed by atoms with E-state index >= 15 is 0 Å². The molecule has 0 amide bonds. The largest absolute Gasteiger partial charge is 0.263 e. The minimum absolute atomic E-state index is 0.0543. The van der Waals surface area contributed by atoms with Gasteiger partial charge in [-0.05, 0) is 30.3 Å². The smallest absolute Gasteiger partial charge is 0.263 e. The van der Waals surface area contributed by atoms with Gasteiger partial charge in [0.2, 0.25) is 0 Å². The van der Waals surface area contributed by atoms with Gasteiger partial charge in [-0.25, -0.2) is 21.8 Å². The van der Waals surface area contributed by atoms with Crippen molar-refractivity contribution in [3.63, 3.8) is 0 Å². The molecule has 0 fully saturated rings. The summed E-state index contributed by atoms with van der Waals surface area (Å²) in [5.74, 6) is 0.164. The van der Waals surface area contributed by atoms with Gasteiger partial charge >= 0.3 is 0 Å². The predicted molar refractivity (Wildman–Crippen MR) is 74.6 cm³/mol. The van der Waals surface area contributed by atoms with Crippen LogP contribution in [0.15, 0.2) is 58.5 Å². The number of sulfonamides is 1. The van der Waals surface area contributed by atoms with Gasteiger partial charge in [0.05, 0.1) is 9.79 Å². The van der Waals surface area contributed by atoms with E-state index in [0.29, 0.717) is 0 Å². The number of pyridine rings is 1. The average Bonchev–Trinajstić information content (AvgIpc) is 2.38. The molecule has 1 aromatic carbocycles. The summed E-state index contributed by atoms with van der Waals surface area (Å²) < 4.78 is 49.4. The average molecular weight is 312 g/mol. The van der Waals surface area contributed by atoms with Crippen molar-refractivity contribution in [3.8, 4) is 0 Å². The summed E-state index contributed by atoms with van der Waals surface area (Å²) in [6.45, 7) is 0. The Balaban J connectivity index is 2.40. The minimum Gasteiger partial charge on any atom is -0.263 e. The van der Waals surface area contributed by atoms with Crippen LogP contribution < -0.4 is 4.72 Å². The van der Waals surface area contributed by atoms with Gasteiger partial charge in [0.15, 0.2) is 9.84 Å². The molecule has 0 aliphatic heterocycles. The van der Waals surface area contributed by atoms with Gasteiger partial charge in [-0.3, -0.25) is 4.72 Å². The van der Waals surface area contributed by atoms with Gasteiger partial charge in [0.1, 0.15) is 5.82 Å². The number of benzene rings is 1. The highest BCUT2D eigenvalue weighted by Gasteiger charge is 2.17. The van der Waals surface area contributed by atoms with Gasteiger partial charge in [-0.1, -0.05) is 12.1 Å². The lowest BCUT2D eigenvalue weighted by Crippen LogP contribution is -2.14. The highest BCUT2D eigenvalue weighted by Crippen LogP contribution is 2.18. The lowest BCUT2D eigenvalue weighted by atomic mass is 10.4. The molecule has 0 saturated carbocycles. The summed E-state index contributed by atoms with van der Waals surface area (Å²) in [5.41, 5.74) is 0. The zero-order chi connectivity index (χ0) is 14.8. The summed E-state index contributed by atoms with van der Waals surface area (Å²) in [6.07, 6.45) is 2.47. The third kappa shape index (κ3) is 3.34. The summed E-state index contributed by atoms with van der Waals surface area (Å²) in [5, 5.41) is 0. The molecule has 0 radical (unpaired) electrons. The molecule has 0 saturated heterocycles. The van der Waals surface area contributed by atoms with Crippen LogP contribution in [0.4, 0.5) is 5.82 Å². The number of rotatable bonds is 4. The fourth-order valence-electron chi connectivity index (χ4n) is 1.49. The van der Waals surface area contributed by atoms with E-state index in [1.54, 1.807) is 12.1 Å². The van der Waals surface area contributed by atoms with Crippen molar-refractivity contribution in [2.45, 2.75) is 9.79 Å². The Kier molecular flexibility index (Phi) is 3.78. The first-order chi connectivity index (χ1) is 9.29. The molecule has 0 atom stereocenters. The molecule has 0 bridgehead atoms. The lowest BCUT2D eigenvalue weighted by molar-refractivity contribution is 0.599. The Morgan fingerprint density at radius 2 is 1.65 bits per heavy atom. The van der Waals surface area contributed by atoms with Crippen LogP contribution in [-0.2, 0) is 19.9 Å². The molecule has 1 heterocycles. The second-order valence-corrected chi connectivity index (χ2v) is 7.77. The molecule has 0 unspecified atom stereocenters. The molecule has 20 heavy (non-hydrogen) atoms. The molecule has 1 aromatic heterocycles. The SMILES string of the molecule is CS(=O)(=O)c1cccc(S(=O)(=O)Nc2ccccn2)c1. The molecular formula is C12H12N2O4S2. The maximum atomic E-state index is 12.1. The molecule has 2 rings (SSSR count). The molecule has 106 valence electrons. The third-order valence-corrected chi connectivity index (χ3v) is 4.91. The Labute approximate surface area is 117 Å². The Morgan fingerprint density at radius 3 is 2.25 bits per heavy atom. The summed E-state index contributed by atoms with van der Waals surface area (Å²) in [4.78, 5) is 3.66. The maximum Gasteiger partial charge on any atom is 0.263 e. The van der Waals surface area contributed by atoms with E-state index in [-0.39, 0.29) is 15.6 Å². The molecule has 2 aromatic rings. The standard InChI is InChI=1S/C12H12N2O4S2/c1-19(15,16)10-5-4-6-11(9-10)20(17,18)14-12-7-2-3-8-13-12/h2-9H,1H3,(H,13,14). The van der Waals surface area contributed by atoms with Gasteiger partial charge in [0.25, 0.3) is 10.0 Å². The van der Waals surface area contributed by atoms with E-state index in [4.69, 9.17) is 0 Å². The van der Waals surface area contributed by atoms with Crippen molar-refractivity contribution in [1.82, 2.24) is 4.98 Å². The van der Waals surface area contributed by atoms with Crippen LogP contribution in [0.25, 0.3) is 0 Å². The van der Waals surface area contributed by atoms with Crippen LogP contribution in [0.3, 0.4) is 0 Å². The Hall–Kier alpha value is -1.93. The van der Waals surface area contributed by atoms with Gasteiger partial charge in [-0.15, -0.1) is 0 Å². The fourth-order valence-corrected chi connectivity index (χ4v) is 3.29. The first-order valence-electron chi connectivity index (χ1n) is 5.53. The van der Waals surface area contributed by atoms with Gasteiger partial charge in [0, 0.05) is 12.5 Å². The first-order valence-corrected chi connectivity index (χ1v) is 8.90. The van der Waals surface area contributed by atoms with E-state index in [2.05, 4.69) is 9.71 Å². The zero-order valence-corrected chi connectivity index (χ0v) is 12.1. The third-order valence-electron chi connectivity index (χ3n) is 2.45. The molecule has 6 nitrogen and oxygen atoms in total. The van der Waals surface area contributed by atoms with E-state index in [1.165, 1.54) is 30.5 Å². The minimum atomic E-state index is -3.87. The van der Waals surface area contributed by atoms with E-state index in [1.807, 2.05) is 0 Å². The Morgan fingerprint density at radius 1 is 0.950 bits per heavy atom. The quantitative estimate of drug-likeness (QED) is 0.918. The molecular weight excluding hydrogens is 300 g/mol. The van der Waals surface area contributed by atoms with Crippen molar-refractivity contribution in [2.75, 3.05) is 11.0 Å². The number of sulfone groups is 1. The Bertz CT molecular complexity index is 816. The van der Waals surface area contributed by atoms with Crippen LogP contribution in [0.5, 0.6) is 0 Å². The summed E-state index contributed by atoms with van der Waals surface area (Å²) in [6, 6.07) is 9.94. The van der Waals surface area contributed by atoms with Crippen molar-refractivity contribution in [1.29, 1.82) is 0 Å². The van der Waals surface area contributed by atoms with Crippen LogP contribution in [0.2, 0.25) is 0 Å². The van der Waals surface area contributed by atoms with Crippen LogP contribution >= 0.6 is 0 Å². The van der Waals surface area contributed by atoms with Crippen molar-refractivity contribution < 1.29 is 16.8 Å². The first kappa shape index (κ1) is 14.5. The monoisotopic (exact) mass is 312 g/mol. The number of hydrogen-bond acceptors (Lipinski definition) is 5. The zero-order valence-electron chi connectivity index (χ0n) is 10.5. The van der Waals surface area contributed by atoms with E-state index < -0.39 is 19.9 Å². The molecule has 8 heteroatoms. The fraction of sp³-hybridized carbons (Fsp3) is 0.0833. The predicted octanol–water partition coefficient (Wildman–Crippen LogP) is 1.29. The lowest BCUT2D eigenvalue weighted by Gasteiger charge is -2.08. The normalized spacial score (nSPS) is 12.1. The second kappa shape index (κ2) is 5.22. The number of aromatic nitrogens is 1. The highest BCUT2D eigenvalue weighted by molar-refractivity contribution is 7.93. The van der Waals surface area contributed by atoms with Crippen LogP contribution in [0, 0.1) is 0 Å².